The average molecular weight is 386 g/mol. The van der Waals surface area contributed by atoms with Crippen LogP contribution in [0.3, 0.4) is 0 Å². The van der Waals surface area contributed by atoms with Gasteiger partial charge >= 0.3 is 0 Å². The van der Waals surface area contributed by atoms with Crippen molar-refractivity contribution < 1.29 is 4.74 Å². The molecule has 1 aromatic heterocycles. The van der Waals surface area contributed by atoms with Gasteiger partial charge in [0.1, 0.15) is 12.4 Å². The molecule has 0 unspecified atom stereocenters. The van der Waals surface area contributed by atoms with Crippen LogP contribution in [0.2, 0.25) is 0 Å². The van der Waals surface area contributed by atoms with Gasteiger partial charge in [-0.15, -0.1) is 23.7 Å². The molecule has 0 bridgehead atoms. The third-order valence-electron chi connectivity index (χ3n) is 4.64. The summed E-state index contributed by atoms with van der Waals surface area (Å²) in [5.41, 5.74) is 2.62. The average Bonchev–Trinajstić information content (AvgIpc) is 3.34. The Morgan fingerprint density at radius 3 is 2.50 bits per heavy atom. The largest absolute Gasteiger partial charge is 0.492 e. The van der Waals surface area contributed by atoms with Crippen molar-refractivity contribution in [3.05, 3.63) is 77.2 Å². The summed E-state index contributed by atoms with van der Waals surface area (Å²) >= 11 is 1.87. The molecule has 2 nitrogen and oxygen atoms in total. The first kappa shape index (κ1) is 19.0. The third-order valence-corrected chi connectivity index (χ3v) is 5.77. The Morgan fingerprint density at radius 2 is 1.77 bits per heavy atom. The van der Waals surface area contributed by atoms with Crippen LogP contribution in [0.15, 0.2) is 66.7 Å². The Morgan fingerprint density at radius 1 is 0.962 bits per heavy atom. The molecule has 0 aliphatic carbocycles. The fourth-order valence-corrected chi connectivity index (χ4v) is 4.28. The minimum absolute atomic E-state index is 0. The first-order valence-electron chi connectivity index (χ1n) is 8.96. The van der Waals surface area contributed by atoms with Gasteiger partial charge in [0.2, 0.25) is 0 Å². The van der Waals surface area contributed by atoms with E-state index in [0.717, 1.165) is 25.3 Å². The van der Waals surface area contributed by atoms with Gasteiger partial charge in [-0.05, 0) is 54.8 Å². The van der Waals surface area contributed by atoms with Crippen LogP contribution >= 0.6 is 23.7 Å². The number of benzene rings is 2. The Balaban J connectivity index is 0.00000196. The molecule has 136 valence electrons. The zero-order valence-corrected chi connectivity index (χ0v) is 16.3. The standard InChI is InChI=1S/C22H23NOS.ClH/c1-2-5-18(6-3-1)22-13-12-21(25-22)15-17-8-10-20(11-9-17)24-16-19-7-4-14-23-19;/h1-3,5-6,8-13,19,23H,4,7,14-16H2;1H/t19-;/m1./s1. The van der Waals surface area contributed by atoms with Crippen LogP contribution < -0.4 is 10.1 Å². The van der Waals surface area contributed by atoms with Crippen LogP contribution in [0.1, 0.15) is 23.3 Å². The number of nitrogens with one attached hydrogen (secondary N) is 1. The molecule has 3 aromatic rings. The number of halogens is 1. The monoisotopic (exact) mass is 385 g/mol. The number of rotatable bonds is 6. The molecule has 0 amide bonds. The summed E-state index contributed by atoms with van der Waals surface area (Å²) in [5, 5.41) is 3.46. The zero-order valence-electron chi connectivity index (χ0n) is 14.7. The van der Waals surface area contributed by atoms with E-state index in [9.17, 15) is 0 Å². The highest BCUT2D eigenvalue weighted by Gasteiger charge is 2.14. The van der Waals surface area contributed by atoms with Crippen molar-refractivity contribution in [3.63, 3.8) is 0 Å². The van der Waals surface area contributed by atoms with E-state index in [2.05, 4.69) is 72.0 Å². The summed E-state index contributed by atoms with van der Waals surface area (Å²) in [6.45, 7) is 1.89. The lowest BCUT2D eigenvalue weighted by Gasteiger charge is -2.12. The molecule has 4 heteroatoms. The van der Waals surface area contributed by atoms with Crippen molar-refractivity contribution in [2.75, 3.05) is 13.2 Å². The number of ether oxygens (including phenoxy) is 1. The molecule has 2 aromatic carbocycles. The molecule has 0 radical (unpaired) electrons. The number of hydrogen-bond donors (Lipinski definition) is 1. The second-order valence-corrected chi connectivity index (χ2v) is 7.73. The van der Waals surface area contributed by atoms with Crippen LogP contribution in [0.25, 0.3) is 10.4 Å². The summed E-state index contributed by atoms with van der Waals surface area (Å²) in [6, 6.07) is 24.1. The fourth-order valence-electron chi connectivity index (χ4n) is 3.23. The van der Waals surface area contributed by atoms with E-state index >= 15 is 0 Å². The van der Waals surface area contributed by atoms with E-state index in [1.165, 1.54) is 33.7 Å². The van der Waals surface area contributed by atoms with E-state index in [-0.39, 0.29) is 12.4 Å². The predicted octanol–water partition coefficient (Wildman–Crippen LogP) is 5.56. The minimum atomic E-state index is 0. The summed E-state index contributed by atoms with van der Waals surface area (Å²) in [4.78, 5) is 2.72. The highest BCUT2D eigenvalue weighted by molar-refractivity contribution is 7.15. The third kappa shape index (κ3) is 4.88. The molecular weight excluding hydrogens is 362 g/mol. The van der Waals surface area contributed by atoms with Crippen LogP contribution in [0, 0.1) is 0 Å². The normalized spacial score (nSPS) is 16.2. The predicted molar refractivity (Wildman–Crippen MR) is 113 cm³/mol. The van der Waals surface area contributed by atoms with Gasteiger partial charge in [0.05, 0.1) is 0 Å². The lowest BCUT2D eigenvalue weighted by atomic mass is 10.1. The summed E-state index contributed by atoms with van der Waals surface area (Å²) in [5.74, 6) is 0.966. The van der Waals surface area contributed by atoms with Gasteiger partial charge in [-0.3, -0.25) is 0 Å². The van der Waals surface area contributed by atoms with Crippen molar-refractivity contribution in [2.24, 2.45) is 0 Å². The maximum Gasteiger partial charge on any atom is 0.119 e. The van der Waals surface area contributed by atoms with Gasteiger partial charge < -0.3 is 10.1 Å². The smallest absolute Gasteiger partial charge is 0.119 e. The zero-order chi connectivity index (χ0) is 16.9. The molecular formula is C22H24ClNOS. The molecule has 1 aliphatic heterocycles. The van der Waals surface area contributed by atoms with Gasteiger partial charge in [0.15, 0.2) is 0 Å². The van der Waals surface area contributed by atoms with Crippen LogP contribution in [0.4, 0.5) is 0 Å². The number of thiophene rings is 1. The fraction of sp³-hybridized carbons (Fsp3) is 0.273. The summed E-state index contributed by atoms with van der Waals surface area (Å²) < 4.78 is 5.90. The number of hydrogen-bond acceptors (Lipinski definition) is 3. The van der Waals surface area contributed by atoms with Gasteiger partial charge in [-0.25, -0.2) is 0 Å². The molecule has 0 saturated carbocycles. The van der Waals surface area contributed by atoms with Crippen LogP contribution in [0.5, 0.6) is 5.75 Å². The molecule has 1 atom stereocenters. The maximum atomic E-state index is 5.90. The highest BCUT2D eigenvalue weighted by Crippen LogP contribution is 2.29. The Hall–Kier alpha value is -1.81. The van der Waals surface area contributed by atoms with Crippen molar-refractivity contribution in [3.8, 4) is 16.2 Å². The molecule has 2 heterocycles. The first-order chi connectivity index (χ1) is 12.4. The molecule has 4 rings (SSSR count). The quantitative estimate of drug-likeness (QED) is 0.599. The van der Waals surface area contributed by atoms with E-state index in [4.69, 9.17) is 4.74 Å². The van der Waals surface area contributed by atoms with Crippen molar-refractivity contribution in [2.45, 2.75) is 25.3 Å². The summed E-state index contributed by atoms with van der Waals surface area (Å²) in [7, 11) is 0. The summed E-state index contributed by atoms with van der Waals surface area (Å²) in [6.07, 6.45) is 3.46. The molecule has 1 saturated heterocycles. The Kier molecular flexibility index (Phi) is 6.73. The van der Waals surface area contributed by atoms with Gasteiger partial charge in [0.25, 0.3) is 0 Å². The maximum absolute atomic E-state index is 5.90. The Bertz CT molecular complexity index is 795. The van der Waals surface area contributed by atoms with Crippen LogP contribution in [-0.4, -0.2) is 19.2 Å². The molecule has 1 aliphatic rings. The molecule has 1 N–H and O–H groups in total. The second kappa shape index (κ2) is 9.22. The lowest BCUT2D eigenvalue weighted by Crippen LogP contribution is -2.28. The van der Waals surface area contributed by atoms with Crippen molar-refractivity contribution >= 4 is 23.7 Å². The second-order valence-electron chi connectivity index (χ2n) is 6.56. The van der Waals surface area contributed by atoms with E-state index in [0.29, 0.717) is 6.04 Å². The van der Waals surface area contributed by atoms with E-state index in [1.807, 2.05) is 11.3 Å². The van der Waals surface area contributed by atoms with Crippen molar-refractivity contribution in [1.29, 1.82) is 0 Å². The molecule has 26 heavy (non-hydrogen) atoms. The van der Waals surface area contributed by atoms with Gasteiger partial charge in [-0.2, -0.15) is 0 Å². The molecule has 1 fully saturated rings. The first-order valence-corrected chi connectivity index (χ1v) is 9.78. The SMILES string of the molecule is Cl.c1ccc(-c2ccc(Cc3ccc(OC[C@H]4CCCN4)cc3)s2)cc1. The van der Waals surface area contributed by atoms with E-state index < -0.39 is 0 Å². The Labute approximate surface area is 165 Å². The highest BCUT2D eigenvalue weighted by atomic mass is 35.5. The van der Waals surface area contributed by atoms with Crippen LogP contribution in [-0.2, 0) is 6.42 Å². The molecule has 0 spiro atoms. The minimum Gasteiger partial charge on any atom is -0.492 e. The topological polar surface area (TPSA) is 21.3 Å². The van der Waals surface area contributed by atoms with Crippen molar-refractivity contribution in [1.82, 2.24) is 5.32 Å². The van der Waals surface area contributed by atoms with Gasteiger partial charge in [-0.1, -0.05) is 42.5 Å². The van der Waals surface area contributed by atoms with Gasteiger partial charge in [0, 0.05) is 22.2 Å². The van der Waals surface area contributed by atoms with E-state index in [1.54, 1.807) is 0 Å². The lowest BCUT2D eigenvalue weighted by molar-refractivity contribution is 0.277.